The average molecular weight is 335 g/mol. The molecule has 0 spiro atoms. The van der Waals surface area contributed by atoms with Gasteiger partial charge < -0.3 is 9.88 Å². The predicted octanol–water partition coefficient (Wildman–Crippen LogP) is 3.80. The molecule has 0 bridgehead atoms. The molecule has 0 radical (unpaired) electrons. The predicted molar refractivity (Wildman–Crippen MR) is 85.0 cm³/mol. The van der Waals surface area contributed by atoms with E-state index < -0.39 is 0 Å². The van der Waals surface area contributed by atoms with Crippen molar-refractivity contribution in [2.75, 3.05) is 6.54 Å². The Hall–Kier alpha value is -1.55. The molecule has 0 saturated carbocycles. The smallest absolute Gasteiger partial charge is 0.267 e. The molecular formula is C16H19BrN2O. The third kappa shape index (κ3) is 3.73. The summed E-state index contributed by atoms with van der Waals surface area (Å²) in [6.07, 6.45) is 2.78. The van der Waals surface area contributed by atoms with Crippen molar-refractivity contribution in [3.05, 3.63) is 58.3 Å². The minimum atomic E-state index is -0.0275. The van der Waals surface area contributed by atoms with Gasteiger partial charge in [-0.25, -0.2) is 0 Å². The number of halogens is 1. The van der Waals surface area contributed by atoms with E-state index in [1.807, 2.05) is 35.0 Å². The second-order valence-electron chi connectivity index (χ2n) is 5.04. The molecule has 106 valence electrons. The van der Waals surface area contributed by atoms with Crippen LogP contribution in [0.1, 0.15) is 35.9 Å². The maximum atomic E-state index is 12.2. The van der Waals surface area contributed by atoms with Crippen LogP contribution in [-0.2, 0) is 6.42 Å². The molecule has 2 rings (SSSR count). The van der Waals surface area contributed by atoms with Gasteiger partial charge in [0.15, 0.2) is 0 Å². The summed E-state index contributed by atoms with van der Waals surface area (Å²) in [7, 11) is 0. The van der Waals surface area contributed by atoms with Crippen LogP contribution >= 0.6 is 15.9 Å². The number of hydrogen-bond donors (Lipinski definition) is 1. The number of amides is 1. The highest BCUT2D eigenvalue weighted by atomic mass is 79.9. The minimum Gasteiger partial charge on any atom is -0.350 e. The van der Waals surface area contributed by atoms with E-state index in [2.05, 4.69) is 47.2 Å². The van der Waals surface area contributed by atoms with Crippen LogP contribution in [0.15, 0.2) is 47.1 Å². The monoisotopic (exact) mass is 334 g/mol. The quantitative estimate of drug-likeness (QED) is 0.886. The van der Waals surface area contributed by atoms with Crippen LogP contribution in [0.2, 0.25) is 0 Å². The number of rotatable bonds is 5. The highest BCUT2D eigenvalue weighted by Gasteiger charge is 2.14. The molecule has 1 aromatic carbocycles. The number of nitrogens with zero attached hydrogens (tertiary/aromatic N) is 1. The van der Waals surface area contributed by atoms with Crippen LogP contribution in [0.5, 0.6) is 0 Å². The summed E-state index contributed by atoms with van der Waals surface area (Å²) >= 11 is 3.42. The summed E-state index contributed by atoms with van der Waals surface area (Å²) in [6.45, 7) is 4.77. The minimum absolute atomic E-state index is 0.0275. The zero-order valence-corrected chi connectivity index (χ0v) is 13.4. The number of hydrogen-bond acceptors (Lipinski definition) is 1. The second-order valence-corrected chi connectivity index (χ2v) is 5.95. The Morgan fingerprint density at radius 3 is 2.65 bits per heavy atom. The van der Waals surface area contributed by atoms with Gasteiger partial charge in [-0.2, -0.15) is 0 Å². The van der Waals surface area contributed by atoms with Gasteiger partial charge in [-0.05, 0) is 47.8 Å². The lowest BCUT2D eigenvalue weighted by atomic mass is 10.1. The first-order valence-corrected chi connectivity index (χ1v) is 7.56. The Labute approximate surface area is 128 Å². The average Bonchev–Trinajstić information content (AvgIpc) is 2.82. The van der Waals surface area contributed by atoms with E-state index in [4.69, 9.17) is 0 Å². The van der Waals surface area contributed by atoms with E-state index in [0.717, 1.165) is 10.9 Å². The third-order valence-electron chi connectivity index (χ3n) is 3.15. The molecule has 0 aliphatic rings. The van der Waals surface area contributed by atoms with Crippen LogP contribution in [0.4, 0.5) is 0 Å². The van der Waals surface area contributed by atoms with Gasteiger partial charge in [0.2, 0.25) is 0 Å². The lowest BCUT2D eigenvalue weighted by Gasteiger charge is -2.12. The Balaban J connectivity index is 1.95. The standard InChI is InChI=1S/C16H19BrN2O/c1-12(2)19-11-14(17)10-15(19)16(20)18-9-8-13-6-4-3-5-7-13/h3-7,10-12H,8-9H2,1-2H3,(H,18,20). The fourth-order valence-electron chi connectivity index (χ4n) is 2.11. The fourth-order valence-corrected chi connectivity index (χ4v) is 2.55. The summed E-state index contributed by atoms with van der Waals surface area (Å²) in [4.78, 5) is 12.2. The van der Waals surface area contributed by atoms with Crippen LogP contribution < -0.4 is 5.32 Å². The van der Waals surface area contributed by atoms with Crippen molar-refractivity contribution in [3.8, 4) is 0 Å². The topological polar surface area (TPSA) is 34.0 Å². The van der Waals surface area contributed by atoms with Crippen molar-refractivity contribution >= 4 is 21.8 Å². The van der Waals surface area contributed by atoms with E-state index >= 15 is 0 Å². The number of carbonyl (C=O) groups excluding carboxylic acids is 1. The lowest BCUT2D eigenvalue weighted by Crippen LogP contribution is -2.28. The molecule has 0 aliphatic carbocycles. The zero-order chi connectivity index (χ0) is 14.5. The van der Waals surface area contributed by atoms with Crippen molar-refractivity contribution < 1.29 is 4.79 Å². The SMILES string of the molecule is CC(C)n1cc(Br)cc1C(=O)NCCc1ccccc1. The molecule has 0 saturated heterocycles. The molecule has 2 aromatic rings. The van der Waals surface area contributed by atoms with Crippen LogP contribution in [0.3, 0.4) is 0 Å². The van der Waals surface area contributed by atoms with Crippen molar-refractivity contribution in [1.29, 1.82) is 0 Å². The van der Waals surface area contributed by atoms with E-state index in [9.17, 15) is 4.79 Å². The Kier molecular flexibility index (Phi) is 5.01. The summed E-state index contributed by atoms with van der Waals surface area (Å²) in [6, 6.07) is 12.3. The molecule has 0 fully saturated rings. The first kappa shape index (κ1) is 14.9. The Morgan fingerprint density at radius 1 is 1.30 bits per heavy atom. The molecule has 0 atom stereocenters. The summed E-state index contributed by atoms with van der Waals surface area (Å²) < 4.78 is 2.90. The molecular weight excluding hydrogens is 316 g/mol. The van der Waals surface area contributed by atoms with E-state index in [-0.39, 0.29) is 11.9 Å². The van der Waals surface area contributed by atoms with Gasteiger partial charge in [-0.3, -0.25) is 4.79 Å². The largest absolute Gasteiger partial charge is 0.350 e. The van der Waals surface area contributed by atoms with Crippen molar-refractivity contribution in [1.82, 2.24) is 9.88 Å². The van der Waals surface area contributed by atoms with E-state index in [0.29, 0.717) is 12.2 Å². The molecule has 1 heterocycles. The summed E-state index contributed by atoms with van der Waals surface area (Å²) in [5.41, 5.74) is 1.92. The first-order valence-electron chi connectivity index (χ1n) is 6.77. The van der Waals surface area contributed by atoms with Gasteiger partial charge in [-0.1, -0.05) is 30.3 Å². The molecule has 20 heavy (non-hydrogen) atoms. The van der Waals surface area contributed by atoms with Gasteiger partial charge in [0.05, 0.1) is 0 Å². The van der Waals surface area contributed by atoms with Crippen molar-refractivity contribution in [2.45, 2.75) is 26.3 Å². The maximum absolute atomic E-state index is 12.2. The first-order chi connectivity index (χ1) is 9.58. The maximum Gasteiger partial charge on any atom is 0.267 e. The summed E-state index contributed by atoms with van der Waals surface area (Å²) in [5.74, 6) is -0.0275. The molecule has 0 aliphatic heterocycles. The summed E-state index contributed by atoms with van der Waals surface area (Å²) in [5, 5.41) is 2.98. The van der Waals surface area contributed by atoms with Crippen molar-refractivity contribution in [2.24, 2.45) is 0 Å². The molecule has 0 unspecified atom stereocenters. The fraction of sp³-hybridized carbons (Fsp3) is 0.312. The van der Waals surface area contributed by atoms with Gasteiger partial charge in [0.1, 0.15) is 5.69 Å². The molecule has 1 amide bonds. The molecule has 1 aromatic heterocycles. The van der Waals surface area contributed by atoms with Gasteiger partial charge in [0.25, 0.3) is 5.91 Å². The normalized spacial score (nSPS) is 10.8. The molecule has 1 N–H and O–H groups in total. The number of benzene rings is 1. The number of aromatic nitrogens is 1. The lowest BCUT2D eigenvalue weighted by molar-refractivity contribution is 0.0943. The molecule has 3 nitrogen and oxygen atoms in total. The van der Waals surface area contributed by atoms with Crippen LogP contribution in [0.25, 0.3) is 0 Å². The van der Waals surface area contributed by atoms with Gasteiger partial charge >= 0.3 is 0 Å². The van der Waals surface area contributed by atoms with E-state index in [1.165, 1.54) is 5.56 Å². The zero-order valence-electron chi connectivity index (χ0n) is 11.8. The Bertz CT molecular complexity index is 575. The van der Waals surface area contributed by atoms with Crippen LogP contribution in [-0.4, -0.2) is 17.0 Å². The second kappa shape index (κ2) is 6.75. The van der Waals surface area contributed by atoms with Crippen molar-refractivity contribution in [3.63, 3.8) is 0 Å². The highest BCUT2D eigenvalue weighted by Crippen LogP contribution is 2.19. The highest BCUT2D eigenvalue weighted by molar-refractivity contribution is 9.10. The van der Waals surface area contributed by atoms with Gasteiger partial charge in [0, 0.05) is 23.3 Å². The number of carbonyl (C=O) groups is 1. The number of nitrogens with one attached hydrogen (secondary N) is 1. The third-order valence-corrected chi connectivity index (χ3v) is 3.58. The van der Waals surface area contributed by atoms with Gasteiger partial charge in [-0.15, -0.1) is 0 Å². The molecule has 4 heteroatoms. The Morgan fingerprint density at radius 2 is 2.00 bits per heavy atom. The van der Waals surface area contributed by atoms with Crippen LogP contribution in [0, 0.1) is 0 Å². The van der Waals surface area contributed by atoms with E-state index in [1.54, 1.807) is 0 Å².